The number of likely N-dealkylation sites (N-methyl/N-ethyl adjacent to an activating group) is 1. The molecule has 0 bridgehead atoms. The SMILES string of the molecule is COC(C)CN(C)S(=O)(=O)c1c(C)cccc1N. The highest BCUT2D eigenvalue weighted by molar-refractivity contribution is 7.89. The van der Waals surface area contributed by atoms with Gasteiger partial charge in [0.1, 0.15) is 4.90 Å². The van der Waals surface area contributed by atoms with Crippen LogP contribution in [0.25, 0.3) is 0 Å². The molecule has 2 N–H and O–H groups in total. The Bertz CT molecular complexity index is 494. The van der Waals surface area contributed by atoms with E-state index in [1.807, 2.05) is 6.92 Å². The standard InChI is InChI=1S/C12H20N2O3S/c1-9-6-5-7-11(13)12(9)18(15,16)14(3)8-10(2)17-4/h5-7,10H,8,13H2,1-4H3. The monoisotopic (exact) mass is 272 g/mol. The fourth-order valence-electron chi connectivity index (χ4n) is 1.72. The minimum absolute atomic E-state index is 0.171. The van der Waals surface area contributed by atoms with E-state index in [4.69, 9.17) is 10.5 Å². The third kappa shape index (κ3) is 3.01. The van der Waals surface area contributed by atoms with Crippen LogP contribution in [-0.4, -0.2) is 39.5 Å². The minimum atomic E-state index is -3.58. The molecule has 6 heteroatoms. The van der Waals surface area contributed by atoms with Crippen molar-refractivity contribution in [2.24, 2.45) is 0 Å². The van der Waals surface area contributed by atoms with Crippen LogP contribution < -0.4 is 5.73 Å². The molecule has 5 nitrogen and oxygen atoms in total. The zero-order valence-electron chi connectivity index (χ0n) is 11.2. The number of methoxy groups -OCH3 is 1. The first-order chi connectivity index (χ1) is 8.30. The van der Waals surface area contributed by atoms with E-state index < -0.39 is 10.0 Å². The molecule has 1 aromatic carbocycles. The first-order valence-corrected chi connectivity index (χ1v) is 7.09. The molecule has 1 rings (SSSR count). The Morgan fingerprint density at radius 2 is 2.06 bits per heavy atom. The number of rotatable bonds is 5. The number of anilines is 1. The van der Waals surface area contributed by atoms with Crippen LogP contribution in [0.1, 0.15) is 12.5 Å². The van der Waals surface area contributed by atoms with Crippen LogP contribution in [0.3, 0.4) is 0 Å². The van der Waals surface area contributed by atoms with Crippen molar-refractivity contribution in [3.05, 3.63) is 23.8 Å². The van der Waals surface area contributed by atoms with E-state index in [0.717, 1.165) is 0 Å². The maximum Gasteiger partial charge on any atom is 0.245 e. The highest BCUT2D eigenvalue weighted by atomic mass is 32.2. The number of hydrogen-bond acceptors (Lipinski definition) is 4. The molecule has 1 unspecified atom stereocenters. The van der Waals surface area contributed by atoms with Crippen molar-refractivity contribution >= 4 is 15.7 Å². The Morgan fingerprint density at radius 3 is 2.56 bits per heavy atom. The second-order valence-corrected chi connectivity index (χ2v) is 6.31. The first-order valence-electron chi connectivity index (χ1n) is 5.65. The Labute approximate surface area is 109 Å². The lowest BCUT2D eigenvalue weighted by Gasteiger charge is -2.22. The van der Waals surface area contributed by atoms with Crippen molar-refractivity contribution in [1.82, 2.24) is 4.31 Å². The van der Waals surface area contributed by atoms with Gasteiger partial charge < -0.3 is 10.5 Å². The van der Waals surface area contributed by atoms with Gasteiger partial charge in [0.2, 0.25) is 10.0 Å². The number of sulfonamides is 1. The van der Waals surface area contributed by atoms with Crippen molar-refractivity contribution < 1.29 is 13.2 Å². The van der Waals surface area contributed by atoms with Crippen molar-refractivity contribution in [2.45, 2.75) is 24.8 Å². The van der Waals surface area contributed by atoms with Gasteiger partial charge in [0.15, 0.2) is 0 Å². The van der Waals surface area contributed by atoms with Gasteiger partial charge in [-0.15, -0.1) is 0 Å². The Kier molecular flexibility index (Phi) is 4.72. The van der Waals surface area contributed by atoms with E-state index in [1.165, 1.54) is 11.4 Å². The summed E-state index contributed by atoms with van der Waals surface area (Å²) in [5.74, 6) is 0. The van der Waals surface area contributed by atoms with E-state index in [9.17, 15) is 8.42 Å². The molecule has 0 aliphatic carbocycles. The molecule has 0 amide bonds. The quantitative estimate of drug-likeness (QED) is 0.818. The summed E-state index contributed by atoms with van der Waals surface area (Å²) in [5.41, 5.74) is 6.69. The average Bonchev–Trinajstić information content (AvgIpc) is 2.28. The molecule has 0 aliphatic heterocycles. The zero-order valence-corrected chi connectivity index (χ0v) is 12.0. The summed E-state index contributed by atoms with van der Waals surface area (Å²) in [6.45, 7) is 3.83. The Morgan fingerprint density at radius 1 is 1.44 bits per heavy atom. The van der Waals surface area contributed by atoms with Crippen molar-refractivity contribution in [2.75, 3.05) is 26.4 Å². The van der Waals surface area contributed by atoms with Gasteiger partial charge in [-0.25, -0.2) is 8.42 Å². The number of aryl methyl sites for hydroxylation is 1. The highest BCUT2D eigenvalue weighted by Crippen LogP contribution is 2.25. The number of nitrogen functional groups attached to an aromatic ring is 1. The van der Waals surface area contributed by atoms with Crippen LogP contribution in [-0.2, 0) is 14.8 Å². The Hall–Kier alpha value is -1.11. The Balaban J connectivity index is 3.14. The van der Waals surface area contributed by atoms with Gasteiger partial charge in [0.05, 0.1) is 11.8 Å². The van der Waals surface area contributed by atoms with E-state index >= 15 is 0 Å². The van der Waals surface area contributed by atoms with Crippen molar-refractivity contribution in [1.29, 1.82) is 0 Å². The summed E-state index contributed by atoms with van der Waals surface area (Å²) >= 11 is 0. The second-order valence-electron chi connectivity index (χ2n) is 4.33. The lowest BCUT2D eigenvalue weighted by atomic mass is 10.2. The molecule has 0 fully saturated rings. The van der Waals surface area contributed by atoms with Crippen molar-refractivity contribution in [3.8, 4) is 0 Å². The number of ether oxygens (including phenoxy) is 1. The summed E-state index contributed by atoms with van der Waals surface area (Å²) in [4.78, 5) is 0.177. The van der Waals surface area contributed by atoms with Crippen molar-refractivity contribution in [3.63, 3.8) is 0 Å². The average molecular weight is 272 g/mol. The van der Waals surface area contributed by atoms with Gasteiger partial charge in [0, 0.05) is 20.7 Å². The van der Waals surface area contributed by atoms with Gasteiger partial charge in [0.25, 0.3) is 0 Å². The van der Waals surface area contributed by atoms with Crippen LogP contribution in [0.2, 0.25) is 0 Å². The summed E-state index contributed by atoms with van der Waals surface area (Å²) in [7, 11) is -0.504. The lowest BCUT2D eigenvalue weighted by Crippen LogP contribution is -2.34. The fourth-order valence-corrected chi connectivity index (χ4v) is 3.28. The number of benzene rings is 1. The predicted molar refractivity (Wildman–Crippen MR) is 71.9 cm³/mol. The third-order valence-corrected chi connectivity index (χ3v) is 4.87. The van der Waals surface area contributed by atoms with Gasteiger partial charge >= 0.3 is 0 Å². The first kappa shape index (κ1) is 14.9. The molecule has 0 saturated heterocycles. The van der Waals surface area contributed by atoms with Gasteiger partial charge in [-0.05, 0) is 25.5 Å². The molecule has 102 valence electrons. The lowest BCUT2D eigenvalue weighted by molar-refractivity contribution is 0.104. The summed E-state index contributed by atoms with van der Waals surface area (Å²) in [6.07, 6.45) is -0.171. The van der Waals surface area contributed by atoms with Gasteiger partial charge in [-0.3, -0.25) is 0 Å². The van der Waals surface area contributed by atoms with Crippen LogP contribution in [0.5, 0.6) is 0 Å². The van der Waals surface area contributed by atoms with Gasteiger partial charge in [-0.2, -0.15) is 4.31 Å². The molecule has 0 heterocycles. The highest BCUT2D eigenvalue weighted by Gasteiger charge is 2.26. The molecule has 18 heavy (non-hydrogen) atoms. The third-order valence-electron chi connectivity index (χ3n) is 2.83. The molecule has 0 spiro atoms. The molecule has 0 aromatic heterocycles. The van der Waals surface area contributed by atoms with Crippen LogP contribution in [0.4, 0.5) is 5.69 Å². The second kappa shape index (κ2) is 5.69. The predicted octanol–water partition coefficient (Wildman–Crippen LogP) is 1.23. The minimum Gasteiger partial charge on any atom is -0.398 e. The summed E-state index contributed by atoms with van der Waals surface area (Å²) < 4.78 is 31.2. The van der Waals surface area contributed by atoms with E-state index in [2.05, 4.69) is 0 Å². The maximum atomic E-state index is 12.4. The molecule has 0 saturated carbocycles. The largest absolute Gasteiger partial charge is 0.398 e. The van der Waals surface area contributed by atoms with E-state index in [1.54, 1.807) is 32.2 Å². The smallest absolute Gasteiger partial charge is 0.245 e. The van der Waals surface area contributed by atoms with Crippen LogP contribution in [0.15, 0.2) is 23.1 Å². The summed E-state index contributed by atoms with van der Waals surface area (Å²) in [6, 6.07) is 5.06. The van der Waals surface area contributed by atoms with E-state index in [0.29, 0.717) is 5.56 Å². The molecule has 1 aromatic rings. The zero-order chi connectivity index (χ0) is 13.9. The molecule has 0 radical (unpaired) electrons. The fraction of sp³-hybridized carbons (Fsp3) is 0.500. The topological polar surface area (TPSA) is 72.6 Å². The number of nitrogens with zero attached hydrogens (tertiary/aromatic N) is 1. The normalized spacial score (nSPS) is 13.8. The molecule has 1 atom stereocenters. The number of nitrogens with two attached hydrogens (primary N) is 1. The van der Waals surface area contributed by atoms with Crippen LogP contribution >= 0.6 is 0 Å². The maximum absolute atomic E-state index is 12.4. The van der Waals surface area contributed by atoms with Crippen LogP contribution in [0, 0.1) is 6.92 Å². The molecular formula is C12H20N2O3S. The van der Waals surface area contributed by atoms with E-state index in [-0.39, 0.29) is 23.2 Å². The summed E-state index contributed by atoms with van der Waals surface area (Å²) in [5, 5.41) is 0. The number of hydrogen-bond donors (Lipinski definition) is 1. The molecular weight excluding hydrogens is 252 g/mol. The molecule has 0 aliphatic rings. The van der Waals surface area contributed by atoms with Gasteiger partial charge in [-0.1, -0.05) is 12.1 Å².